The molecule has 6 nitrogen and oxygen atoms in total. The van der Waals surface area contributed by atoms with Crippen LogP contribution in [0.25, 0.3) is 0 Å². The van der Waals surface area contributed by atoms with Crippen molar-refractivity contribution >= 4 is 16.6 Å². The van der Waals surface area contributed by atoms with E-state index in [0.29, 0.717) is 24.4 Å². The van der Waals surface area contributed by atoms with E-state index in [-0.39, 0.29) is 24.4 Å². The van der Waals surface area contributed by atoms with Gasteiger partial charge >= 0.3 is 5.97 Å². The molecular formula is C18H29NO5S. The fourth-order valence-corrected chi connectivity index (χ4v) is 5.03. The Kier molecular flexibility index (Phi) is 6.04. The van der Waals surface area contributed by atoms with E-state index in [4.69, 9.17) is 9.47 Å². The molecule has 1 fully saturated rings. The molecule has 1 aromatic rings. The van der Waals surface area contributed by atoms with E-state index >= 15 is 0 Å². The van der Waals surface area contributed by atoms with Crippen LogP contribution in [0.3, 0.4) is 0 Å². The molecule has 7 heteroatoms. The molecule has 2 rings (SSSR count). The van der Waals surface area contributed by atoms with Gasteiger partial charge in [-0.2, -0.15) is 10.6 Å². The Labute approximate surface area is 151 Å². The number of esters is 1. The molecule has 3 N–H and O–H groups in total. The molecule has 25 heavy (non-hydrogen) atoms. The average Bonchev–Trinajstić information content (AvgIpc) is 2.49. The summed E-state index contributed by atoms with van der Waals surface area (Å²) < 4.78 is 31.4. The van der Waals surface area contributed by atoms with Gasteiger partial charge in [-0.15, -0.1) is 0 Å². The van der Waals surface area contributed by atoms with E-state index in [1.807, 2.05) is 32.9 Å². The molecule has 1 aliphatic heterocycles. The van der Waals surface area contributed by atoms with Crippen molar-refractivity contribution in [2.24, 2.45) is 0 Å². The Balaban J connectivity index is 2.37. The minimum absolute atomic E-state index is 0.0738. The Hall–Kier alpha value is -1.28. The van der Waals surface area contributed by atoms with Crippen LogP contribution >= 0.6 is 10.6 Å². The maximum absolute atomic E-state index is 12.1. The van der Waals surface area contributed by atoms with Crippen LogP contribution in [0.15, 0.2) is 24.3 Å². The molecule has 0 radical (unpaired) electrons. The fraction of sp³-hybridized carbons (Fsp3) is 0.611. The Morgan fingerprint density at radius 1 is 1.28 bits per heavy atom. The zero-order valence-electron chi connectivity index (χ0n) is 15.4. The van der Waals surface area contributed by atoms with Crippen molar-refractivity contribution < 1.29 is 23.4 Å². The maximum atomic E-state index is 12.1. The summed E-state index contributed by atoms with van der Waals surface area (Å²) in [6, 6.07) is 7.22. The lowest BCUT2D eigenvalue weighted by Crippen LogP contribution is -2.51. The molecule has 142 valence electrons. The quantitative estimate of drug-likeness (QED) is 0.688. The van der Waals surface area contributed by atoms with Gasteiger partial charge in [-0.05, 0) is 45.4 Å². The van der Waals surface area contributed by atoms with Gasteiger partial charge in [0.25, 0.3) is 0 Å². The molecule has 0 saturated carbocycles. The summed E-state index contributed by atoms with van der Waals surface area (Å²) in [6.45, 7) is 8.71. The first kappa shape index (κ1) is 20.0. The van der Waals surface area contributed by atoms with Crippen molar-refractivity contribution in [1.82, 2.24) is 5.32 Å². The number of ether oxygens (including phenoxy) is 2. The molecular weight excluding hydrogens is 342 g/mol. The number of hydrogen-bond acceptors (Lipinski definition) is 6. The van der Waals surface area contributed by atoms with E-state index < -0.39 is 21.3 Å². The first-order chi connectivity index (χ1) is 11.6. The highest BCUT2D eigenvalue weighted by atomic mass is 32.3. The van der Waals surface area contributed by atoms with Gasteiger partial charge < -0.3 is 14.8 Å². The van der Waals surface area contributed by atoms with Crippen LogP contribution in [0, 0.1) is 0 Å². The molecule has 1 heterocycles. The molecule has 0 spiro atoms. The second-order valence-corrected chi connectivity index (χ2v) is 9.79. The lowest BCUT2D eigenvalue weighted by molar-refractivity contribution is -0.144. The van der Waals surface area contributed by atoms with E-state index in [1.54, 1.807) is 19.1 Å². The van der Waals surface area contributed by atoms with Crippen LogP contribution < -0.4 is 10.1 Å². The summed E-state index contributed by atoms with van der Waals surface area (Å²) in [7, 11) is -3.00. The normalized spacial score (nSPS) is 24.4. The second-order valence-electron chi connectivity index (χ2n) is 7.26. The van der Waals surface area contributed by atoms with Crippen molar-refractivity contribution in [3.05, 3.63) is 29.8 Å². The number of rotatable bonds is 5. The monoisotopic (exact) mass is 371 g/mol. The predicted octanol–water partition coefficient (Wildman–Crippen LogP) is 3.37. The van der Waals surface area contributed by atoms with Crippen LogP contribution in [0.5, 0.6) is 5.75 Å². The highest BCUT2D eigenvalue weighted by molar-refractivity contribution is 8.25. The largest absolute Gasteiger partial charge is 0.488 e. The summed E-state index contributed by atoms with van der Waals surface area (Å²) in [5.41, 5.74) is 0.383. The second kappa shape index (κ2) is 7.53. The molecule has 1 aromatic carbocycles. The zero-order chi connectivity index (χ0) is 18.7. The van der Waals surface area contributed by atoms with E-state index in [1.165, 1.54) is 0 Å². The smallest absolute Gasteiger partial charge is 0.308 e. The third-order valence-electron chi connectivity index (χ3n) is 4.14. The van der Waals surface area contributed by atoms with Gasteiger partial charge in [-0.3, -0.25) is 13.9 Å². The van der Waals surface area contributed by atoms with E-state index in [9.17, 15) is 13.9 Å². The highest BCUT2D eigenvalue weighted by Gasteiger charge is 2.48. The SMILES string of the molecule is CCOC(=O)CC1(c2ccc(OC(C)(C)C)cc2)CNCCS1(O)O. The summed E-state index contributed by atoms with van der Waals surface area (Å²) in [5, 5.41) is 3.19. The van der Waals surface area contributed by atoms with Crippen molar-refractivity contribution in [3.8, 4) is 5.75 Å². The minimum atomic E-state index is -3.00. The number of carbonyl (C=O) groups is 1. The first-order valence-electron chi connectivity index (χ1n) is 8.51. The maximum Gasteiger partial charge on any atom is 0.308 e. The Morgan fingerprint density at radius 2 is 1.92 bits per heavy atom. The minimum Gasteiger partial charge on any atom is -0.488 e. The standard InChI is InChI=1S/C18H29NO5S/c1-5-23-16(20)12-18(13-19-10-11-25(18,21)22)14-6-8-15(9-7-14)24-17(2,3)4/h6-9,19,21-22H,5,10-13H2,1-4H3. The van der Waals surface area contributed by atoms with Crippen LogP contribution in [0.2, 0.25) is 0 Å². The Morgan fingerprint density at radius 3 is 2.44 bits per heavy atom. The average molecular weight is 371 g/mol. The van der Waals surface area contributed by atoms with Gasteiger partial charge in [-0.25, -0.2) is 0 Å². The topological polar surface area (TPSA) is 88.0 Å². The third kappa shape index (κ3) is 4.67. The van der Waals surface area contributed by atoms with Crippen molar-refractivity contribution in [2.75, 3.05) is 25.4 Å². The molecule has 0 amide bonds. The highest BCUT2D eigenvalue weighted by Crippen LogP contribution is 2.61. The summed E-state index contributed by atoms with van der Waals surface area (Å²) in [4.78, 5) is 12.1. The zero-order valence-corrected chi connectivity index (χ0v) is 16.2. The van der Waals surface area contributed by atoms with Gasteiger partial charge in [0.2, 0.25) is 0 Å². The lowest BCUT2D eigenvalue weighted by atomic mass is 9.94. The fourth-order valence-electron chi connectivity index (χ4n) is 3.01. The van der Waals surface area contributed by atoms with Gasteiger partial charge in [0.1, 0.15) is 16.1 Å². The summed E-state index contributed by atoms with van der Waals surface area (Å²) in [6.07, 6.45) is -0.0738. The van der Waals surface area contributed by atoms with Gasteiger partial charge in [0.15, 0.2) is 0 Å². The van der Waals surface area contributed by atoms with Gasteiger partial charge in [0, 0.05) is 13.1 Å². The number of hydrogen-bond donors (Lipinski definition) is 3. The number of benzene rings is 1. The molecule has 0 bridgehead atoms. The first-order valence-corrected chi connectivity index (χ1v) is 10.2. The van der Waals surface area contributed by atoms with Crippen LogP contribution in [-0.4, -0.2) is 46.1 Å². The Bertz CT molecular complexity index is 596. The molecule has 1 unspecified atom stereocenters. The third-order valence-corrected chi connectivity index (χ3v) is 6.69. The molecule has 0 aliphatic carbocycles. The van der Waals surface area contributed by atoms with Crippen molar-refractivity contribution in [2.45, 2.75) is 44.5 Å². The molecule has 1 atom stereocenters. The summed E-state index contributed by atoms with van der Waals surface area (Å²) >= 11 is 0. The van der Waals surface area contributed by atoms with E-state index in [2.05, 4.69) is 5.32 Å². The molecule has 1 aliphatic rings. The van der Waals surface area contributed by atoms with Crippen LogP contribution in [0.1, 0.15) is 39.7 Å². The molecule has 1 saturated heterocycles. The number of carbonyl (C=O) groups excluding carboxylic acids is 1. The van der Waals surface area contributed by atoms with Crippen LogP contribution in [-0.2, 0) is 14.3 Å². The van der Waals surface area contributed by atoms with E-state index in [0.717, 1.165) is 0 Å². The van der Waals surface area contributed by atoms with Gasteiger partial charge in [0.05, 0.1) is 18.8 Å². The van der Waals surface area contributed by atoms with Crippen molar-refractivity contribution in [1.29, 1.82) is 0 Å². The van der Waals surface area contributed by atoms with Crippen molar-refractivity contribution in [3.63, 3.8) is 0 Å². The van der Waals surface area contributed by atoms with Gasteiger partial charge in [-0.1, -0.05) is 12.1 Å². The van der Waals surface area contributed by atoms with Crippen LogP contribution in [0.4, 0.5) is 0 Å². The summed E-state index contributed by atoms with van der Waals surface area (Å²) in [5.74, 6) is 0.482. The predicted molar refractivity (Wildman–Crippen MR) is 100 cm³/mol. The number of nitrogens with one attached hydrogen (secondary N) is 1. The molecule has 0 aromatic heterocycles. The lowest BCUT2D eigenvalue weighted by Gasteiger charge is -2.53.